The number of carbonyl (C=O) groups excluding carboxylic acids is 2. The molecule has 2 bridgehead atoms. The van der Waals surface area contributed by atoms with Crippen molar-refractivity contribution in [2.45, 2.75) is 63.8 Å². The van der Waals surface area contributed by atoms with Crippen LogP contribution in [-0.2, 0) is 30.5 Å². The number of allylic oxidation sites excluding steroid dienone is 3. The molecule has 2 aliphatic carbocycles. The van der Waals surface area contributed by atoms with E-state index in [1.807, 2.05) is 0 Å². The Morgan fingerprint density at radius 2 is 2.12 bits per heavy atom. The zero-order valence-corrected chi connectivity index (χ0v) is 18.7. The monoisotopic (exact) mass is 456 g/mol. The van der Waals surface area contributed by atoms with Gasteiger partial charge in [0.25, 0.3) is 0 Å². The number of hydrogen-bond acceptors (Lipinski definition) is 7. The van der Waals surface area contributed by atoms with Gasteiger partial charge in [0.1, 0.15) is 23.4 Å². The molecule has 0 radical (unpaired) electrons. The van der Waals surface area contributed by atoms with E-state index in [-0.39, 0.29) is 37.4 Å². The second kappa shape index (κ2) is 8.33. The molecule has 0 aromatic carbocycles. The summed E-state index contributed by atoms with van der Waals surface area (Å²) in [5, 5.41) is 21.2. The molecule has 1 aromatic rings. The standard InChI is InChI=1S/C25H28O8/c1-16(21(28)32-15-18-6-4-14-31-18)5-3-10-23(2)19-9-12-24(22(29)33-23)11-7-17(20(26)27)8-13-25(19,24)30/h3-7,10,14,19,30H,8-9,11-13,15H2,1-2H3,(H,26,27)/b10-3+,16-5+/t19-,23+,24+,25-/m0/s1. The van der Waals surface area contributed by atoms with E-state index < -0.39 is 34.5 Å². The first-order valence-corrected chi connectivity index (χ1v) is 11.1. The average molecular weight is 456 g/mol. The minimum atomic E-state index is -1.37. The molecule has 1 aromatic heterocycles. The van der Waals surface area contributed by atoms with Gasteiger partial charge in [-0.15, -0.1) is 0 Å². The summed E-state index contributed by atoms with van der Waals surface area (Å²) >= 11 is 0. The molecular weight excluding hydrogens is 428 g/mol. The van der Waals surface area contributed by atoms with Crippen LogP contribution in [-0.4, -0.2) is 39.3 Å². The van der Waals surface area contributed by atoms with Crippen LogP contribution in [0.4, 0.5) is 0 Å². The smallest absolute Gasteiger partial charge is 0.334 e. The summed E-state index contributed by atoms with van der Waals surface area (Å²) in [7, 11) is 0. The maximum Gasteiger partial charge on any atom is 0.334 e. The molecule has 2 N–H and O–H groups in total. The highest BCUT2D eigenvalue weighted by Gasteiger charge is 2.71. The minimum absolute atomic E-state index is 0.0274. The summed E-state index contributed by atoms with van der Waals surface area (Å²) in [6.07, 6.45) is 9.48. The fourth-order valence-corrected chi connectivity index (χ4v) is 5.53. The zero-order valence-electron chi connectivity index (χ0n) is 18.7. The molecule has 1 aliphatic heterocycles. The van der Waals surface area contributed by atoms with Crippen LogP contribution in [0.25, 0.3) is 0 Å². The number of carboxylic acids is 1. The van der Waals surface area contributed by atoms with Crippen LogP contribution in [0.15, 0.2) is 58.3 Å². The average Bonchev–Trinajstić information content (AvgIpc) is 3.31. The first-order chi connectivity index (χ1) is 15.6. The molecule has 4 atom stereocenters. The van der Waals surface area contributed by atoms with E-state index in [0.29, 0.717) is 24.2 Å². The fraction of sp³-hybridized carbons (Fsp3) is 0.480. The van der Waals surface area contributed by atoms with Crippen molar-refractivity contribution in [3.63, 3.8) is 0 Å². The van der Waals surface area contributed by atoms with Crippen LogP contribution in [0.2, 0.25) is 0 Å². The van der Waals surface area contributed by atoms with Gasteiger partial charge in [-0.05, 0) is 64.2 Å². The van der Waals surface area contributed by atoms with E-state index in [1.54, 1.807) is 50.3 Å². The van der Waals surface area contributed by atoms with Crippen molar-refractivity contribution < 1.29 is 38.5 Å². The van der Waals surface area contributed by atoms with Gasteiger partial charge < -0.3 is 24.1 Å². The van der Waals surface area contributed by atoms with E-state index in [4.69, 9.17) is 13.9 Å². The Hall–Kier alpha value is -3.13. The lowest BCUT2D eigenvalue weighted by Gasteiger charge is -2.52. The number of hydrogen-bond donors (Lipinski definition) is 2. The summed E-state index contributed by atoms with van der Waals surface area (Å²) in [6, 6.07) is 3.42. The molecule has 8 nitrogen and oxygen atoms in total. The largest absolute Gasteiger partial charge is 0.478 e. The maximum atomic E-state index is 13.2. The number of carboxylic acid groups (broad SMARTS) is 1. The third-order valence-corrected chi connectivity index (χ3v) is 7.43. The highest BCUT2D eigenvalue weighted by atomic mass is 16.6. The van der Waals surface area contributed by atoms with Crippen molar-refractivity contribution in [2.75, 3.05) is 0 Å². The van der Waals surface area contributed by atoms with Gasteiger partial charge in [-0.1, -0.05) is 18.2 Å². The van der Waals surface area contributed by atoms with Crippen molar-refractivity contribution >= 4 is 17.9 Å². The van der Waals surface area contributed by atoms with Crippen LogP contribution < -0.4 is 0 Å². The fourth-order valence-electron chi connectivity index (χ4n) is 5.53. The van der Waals surface area contributed by atoms with Crippen LogP contribution in [0.1, 0.15) is 51.7 Å². The number of aliphatic carboxylic acids is 1. The molecule has 3 aliphatic rings. The lowest BCUT2D eigenvalue weighted by Crippen LogP contribution is -2.63. The molecule has 2 fully saturated rings. The molecule has 0 spiro atoms. The lowest BCUT2D eigenvalue weighted by atomic mass is 9.62. The molecule has 1 saturated heterocycles. The number of aliphatic hydroxyl groups is 1. The Bertz CT molecular complexity index is 1050. The molecule has 0 unspecified atom stereocenters. The third-order valence-electron chi connectivity index (χ3n) is 7.43. The minimum Gasteiger partial charge on any atom is -0.478 e. The second-order valence-corrected chi connectivity index (χ2v) is 9.27. The molecule has 176 valence electrons. The van der Waals surface area contributed by atoms with Crippen molar-refractivity contribution in [3.8, 4) is 0 Å². The van der Waals surface area contributed by atoms with Crippen molar-refractivity contribution in [3.05, 3.63) is 59.6 Å². The number of furan rings is 1. The van der Waals surface area contributed by atoms with Crippen molar-refractivity contribution in [2.24, 2.45) is 11.3 Å². The van der Waals surface area contributed by atoms with Gasteiger partial charge in [-0.3, -0.25) is 4.79 Å². The van der Waals surface area contributed by atoms with Gasteiger partial charge in [0.15, 0.2) is 0 Å². The van der Waals surface area contributed by atoms with Crippen LogP contribution >= 0.6 is 0 Å². The highest BCUT2D eigenvalue weighted by Crippen LogP contribution is 2.63. The van der Waals surface area contributed by atoms with Crippen molar-refractivity contribution in [1.82, 2.24) is 0 Å². The summed E-state index contributed by atoms with van der Waals surface area (Å²) in [5.74, 6) is -1.89. The quantitative estimate of drug-likeness (QED) is 0.379. The molecule has 8 heteroatoms. The Kier molecular flexibility index (Phi) is 5.82. The topological polar surface area (TPSA) is 123 Å². The van der Waals surface area contributed by atoms with Crippen LogP contribution in [0.5, 0.6) is 0 Å². The third kappa shape index (κ3) is 3.82. The van der Waals surface area contributed by atoms with E-state index in [1.165, 1.54) is 6.26 Å². The number of cyclic esters (lactones) is 1. The van der Waals surface area contributed by atoms with E-state index in [2.05, 4.69) is 0 Å². The van der Waals surface area contributed by atoms with E-state index in [9.17, 15) is 24.6 Å². The maximum absolute atomic E-state index is 13.2. The predicted octanol–water partition coefficient (Wildman–Crippen LogP) is 3.46. The first kappa shape index (κ1) is 23.0. The van der Waals surface area contributed by atoms with Gasteiger partial charge in [-0.2, -0.15) is 0 Å². The predicted molar refractivity (Wildman–Crippen MR) is 116 cm³/mol. The summed E-state index contributed by atoms with van der Waals surface area (Å²) in [4.78, 5) is 36.8. The van der Waals surface area contributed by atoms with Crippen molar-refractivity contribution in [1.29, 1.82) is 0 Å². The zero-order chi connectivity index (χ0) is 23.9. The molecule has 2 heterocycles. The molecule has 4 rings (SSSR count). The number of rotatable bonds is 6. The first-order valence-electron chi connectivity index (χ1n) is 11.1. The SMILES string of the molecule is C/C(=C\C=C\[C@@]1(C)OC(=O)[C@]23CC=C(C(=O)O)CC[C@]2(O)[C@H]1CC3)C(=O)OCc1ccco1. The number of carbonyl (C=O) groups is 3. The number of ether oxygens (including phenoxy) is 2. The van der Waals surface area contributed by atoms with Gasteiger partial charge in [0.2, 0.25) is 0 Å². The normalized spacial score (nSPS) is 33.8. The number of esters is 2. The van der Waals surface area contributed by atoms with Crippen LogP contribution in [0, 0.1) is 11.3 Å². The molecule has 33 heavy (non-hydrogen) atoms. The Morgan fingerprint density at radius 3 is 2.82 bits per heavy atom. The molecule has 0 amide bonds. The highest BCUT2D eigenvalue weighted by molar-refractivity contribution is 5.88. The Balaban J connectivity index is 1.51. The van der Waals surface area contributed by atoms with Gasteiger partial charge in [0.05, 0.1) is 11.9 Å². The van der Waals surface area contributed by atoms with Crippen LogP contribution in [0.3, 0.4) is 0 Å². The molecule has 1 saturated carbocycles. The van der Waals surface area contributed by atoms with E-state index >= 15 is 0 Å². The second-order valence-electron chi connectivity index (χ2n) is 9.27. The summed E-state index contributed by atoms with van der Waals surface area (Å²) in [6.45, 7) is 3.39. The Morgan fingerprint density at radius 1 is 1.33 bits per heavy atom. The van der Waals surface area contributed by atoms with Gasteiger partial charge in [-0.25, -0.2) is 9.59 Å². The lowest BCUT2D eigenvalue weighted by molar-refractivity contribution is -0.224. The van der Waals surface area contributed by atoms with Gasteiger partial charge in [0, 0.05) is 17.1 Å². The van der Waals surface area contributed by atoms with Gasteiger partial charge >= 0.3 is 17.9 Å². The molecular formula is C25H28O8. The van der Waals surface area contributed by atoms with E-state index in [0.717, 1.165) is 0 Å². The Labute approximate surface area is 191 Å². The summed E-state index contributed by atoms with van der Waals surface area (Å²) < 4.78 is 16.2. The summed E-state index contributed by atoms with van der Waals surface area (Å²) in [5.41, 5.74) is -3.00.